The minimum absolute atomic E-state index is 0.417. The minimum Gasteiger partial charge on any atom is -0.441 e. The fraction of sp³-hybridized carbons (Fsp3) is 0.286. The van der Waals surface area contributed by atoms with Crippen molar-refractivity contribution < 1.29 is 4.42 Å². The molecule has 0 N–H and O–H groups in total. The Bertz CT molecular complexity index is 731. The van der Waals surface area contributed by atoms with Gasteiger partial charge in [-0.3, -0.25) is 0 Å². The van der Waals surface area contributed by atoms with Gasteiger partial charge >= 0.3 is 0 Å². The molecule has 0 bridgehead atoms. The fourth-order valence-electron chi connectivity index (χ4n) is 2.93. The molecule has 0 aliphatic carbocycles. The van der Waals surface area contributed by atoms with E-state index < -0.39 is 0 Å². The summed E-state index contributed by atoms with van der Waals surface area (Å²) in [6.45, 7) is 4.45. The topological polar surface area (TPSA) is 26.0 Å². The second kappa shape index (κ2) is 7.28. The van der Waals surface area contributed by atoms with Gasteiger partial charge in [-0.1, -0.05) is 68.8 Å². The van der Waals surface area contributed by atoms with Gasteiger partial charge in [-0.2, -0.15) is 0 Å². The Labute approximate surface area is 138 Å². The van der Waals surface area contributed by atoms with Crippen molar-refractivity contribution in [2.45, 2.75) is 39.0 Å². The lowest BCUT2D eigenvalue weighted by atomic mass is 9.98. The molecule has 0 fully saturated rings. The molecule has 2 aromatic carbocycles. The Morgan fingerprint density at radius 3 is 2.26 bits per heavy atom. The number of aromatic nitrogens is 1. The van der Waals surface area contributed by atoms with E-state index in [0.29, 0.717) is 5.92 Å². The largest absolute Gasteiger partial charge is 0.441 e. The molecule has 0 spiro atoms. The lowest BCUT2D eigenvalue weighted by molar-refractivity contribution is 0.519. The van der Waals surface area contributed by atoms with E-state index in [2.05, 4.69) is 38.1 Å². The van der Waals surface area contributed by atoms with E-state index in [9.17, 15) is 0 Å². The van der Waals surface area contributed by atoms with Crippen LogP contribution in [0.2, 0.25) is 0 Å². The summed E-state index contributed by atoms with van der Waals surface area (Å²) < 4.78 is 6.16. The third kappa shape index (κ3) is 3.70. The normalized spacial score (nSPS) is 12.3. The minimum atomic E-state index is 0.417. The van der Waals surface area contributed by atoms with Gasteiger partial charge in [0.2, 0.25) is 5.89 Å². The van der Waals surface area contributed by atoms with Crippen molar-refractivity contribution in [2.75, 3.05) is 0 Å². The Balaban J connectivity index is 1.97. The molecule has 0 saturated carbocycles. The van der Waals surface area contributed by atoms with Crippen molar-refractivity contribution in [3.05, 3.63) is 77.7 Å². The number of hydrogen-bond donors (Lipinski definition) is 0. The number of rotatable bonds is 6. The molecule has 1 atom stereocenters. The van der Waals surface area contributed by atoms with E-state index >= 15 is 0 Å². The molecular weight excluding hydrogens is 282 g/mol. The summed E-state index contributed by atoms with van der Waals surface area (Å²) in [5.41, 5.74) is 3.40. The van der Waals surface area contributed by atoms with Crippen molar-refractivity contribution >= 4 is 0 Å². The van der Waals surface area contributed by atoms with Gasteiger partial charge < -0.3 is 4.42 Å². The molecular formula is C21H23NO. The summed E-state index contributed by atoms with van der Waals surface area (Å²) in [5, 5.41) is 0. The molecule has 23 heavy (non-hydrogen) atoms. The van der Waals surface area contributed by atoms with Crippen molar-refractivity contribution in [3.8, 4) is 11.5 Å². The van der Waals surface area contributed by atoms with E-state index in [1.54, 1.807) is 0 Å². The first kappa shape index (κ1) is 15.5. The third-order valence-electron chi connectivity index (χ3n) is 4.14. The highest BCUT2D eigenvalue weighted by molar-refractivity contribution is 5.53. The van der Waals surface area contributed by atoms with E-state index in [-0.39, 0.29) is 0 Å². The van der Waals surface area contributed by atoms with Crippen LogP contribution in [0, 0.1) is 0 Å². The highest BCUT2D eigenvalue weighted by Gasteiger charge is 2.19. The third-order valence-corrected chi connectivity index (χ3v) is 4.14. The predicted molar refractivity (Wildman–Crippen MR) is 94.5 cm³/mol. The molecule has 0 aliphatic rings. The van der Waals surface area contributed by atoms with E-state index in [0.717, 1.165) is 42.2 Å². The van der Waals surface area contributed by atoms with Crippen molar-refractivity contribution in [2.24, 2.45) is 0 Å². The van der Waals surface area contributed by atoms with Gasteiger partial charge in [0.05, 0.1) is 5.69 Å². The molecule has 1 unspecified atom stereocenters. The molecule has 0 aliphatic heterocycles. The fourth-order valence-corrected chi connectivity index (χ4v) is 2.93. The van der Waals surface area contributed by atoms with Gasteiger partial charge in [0.25, 0.3) is 0 Å². The average Bonchev–Trinajstić information content (AvgIpc) is 3.01. The first-order valence-electron chi connectivity index (χ1n) is 8.37. The van der Waals surface area contributed by atoms with Crippen LogP contribution in [-0.2, 0) is 6.42 Å². The Kier molecular flexibility index (Phi) is 4.92. The molecule has 1 heterocycles. The highest BCUT2D eigenvalue weighted by Crippen LogP contribution is 2.30. The summed E-state index contributed by atoms with van der Waals surface area (Å²) in [4.78, 5) is 4.83. The maximum absolute atomic E-state index is 6.16. The zero-order valence-electron chi connectivity index (χ0n) is 13.8. The second-order valence-electron chi connectivity index (χ2n) is 6.05. The lowest BCUT2D eigenvalue weighted by Gasteiger charge is -2.08. The summed E-state index contributed by atoms with van der Waals surface area (Å²) in [7, 11) is 0. The summed E-state index contributed by atoms with van der Waals surface area (Å²) >= 11 is 0. The van der Waals surface area contributed by atoms with E-state index in [1.165, 1.54) is 5.56 Å². The van der Waals surface area contributed by atoms with Gasteiger partial charge in [-0.25, -0.2) is 4.98 Å². The maximum atomic E-state index is 6.16. The SMILES string of the molecule is CCCC(C)c1nc(-c2ccccc2)oc1Cc1ccccc1. The molecule has 3 rings (SSSR count). The quantitative estimate of drug-likeness (QED) is 0.572. The van der Waals surface area contributed by atoms with Crippen molar-refractivity contribution in [1.82, 2.24) is 4.98 Å². The summed E-state index contributed by atoms with van der Waals surface area (Å²) in [6.07, 6.45) is 3.08. The van der Waals surface area contributed by atoms with Crippen molar-refractivity contribution in [3.63, 3.8) is 0 Å². The Hall–Kier alpha value is -2.35. The zero-order chi connectivity index (χ0) is 16.1. The molecule has 1 aromatic heterocycles. The number of benzene rings is 2. The van der Waals surface area contributed by atoms with Gasteiger partial charge in [-0.15, -0.1) is 0 Å². The lowest BCUT2D eigenvalue weighted by Crippen LogP contribution is -1.99. The summed E-state index contributed by atoms with van der Waals surface area (Å²) in [6, 6.07) is 20.6. The molecule has 118 valence electrons. The number of nitrogens with zero attached hydrogens (tertiary/aromatic N) is 1. The Morgan fingerprint density at radius 1 is 0.957 bits per heavy atom. The first-order valence-corrected chi connectivity index (χ1v) is 8.37. The molecule has 0 saturated heterocycles. The van der Waals surface area contributed by atoms with E-state index in [1.807, 2.05) is 36.4 Å². The van der Waals surface area contributed by atoms with E-state index in [4.69, 9.17) is 9.40 Å². The molecule has 3 aromatic rings. The molecule has 2 nitrogen and oxygen atoms in total. The van der Waals surface area contributed by atoms with Crippen LogP contribution in [0.15, 0.2) is 65.1 Å². The van der Waals surface area contributed by atoms with Gasteiger partial charge in [0, 0.05) is 17.9 Å². The molecule has 0 amide bonds. The first-order chi connectivity index (χ1) is 11.3. The van der Waals surface area contributed by atoms with Crippen LogP contribution >= 0.6 is 0 Å². The van der Waals surface area contributed by atoms with Crippen LogP contribution in [-0.4, -0.2) is 4.98 Å². The van der Waals surface area contributed by atoms with Crippen molar-refractivity contribution in [1.29, 1.82) is 0 Å². The molecule has 2 heteroatoms. The van der Waals surface area contributed by atoms with Crippen LogP contribution in [0.4, 0.5) is 0 Å². The maximum Gasteiger partial charge on any atom is 0.226 e. The monoisotopic (exact) mass is 305 g/mol. The second-order valence-corrected chi connectivity index (χ2v) is 6.05. The number of hydrogen-bond acceptors (Lipinski definition) is 2. The smallest absolute Gasteiger partial charge is 0.226 e. The zero-order valence-corrected chi connectivity index (χ0v) is 13.8. The highest BCUT2D eigenvalue weighted by atomic mass is 16.4. The number of oxazole rings is 1. The van der Waals surface area contributed by atoms with Crippen LogP contribution in [0.25, 0.3) is 11.5 Å². The van der Waals surface area contributed by atoms with Crippen LogP contribution in [0.3, 0.4) is 0 Å². The summed E-state index contributed by atoms with van der Waals surface area (Å²) in [5.74, 6) is 2.14. The standard InChI is InChI=1S/C21H23NO/c1-3-10-16(2)20-19(15-17-11-6-4-7-12-17)23-21(22-20)18-13-8-5-9-14-18/h4-9,11-14,16H,3,10,15H2,1-2H3. The Morgan fingerprint density at radius 2 is 1.61 bits per heavy atom. The van der Waals surface area contributed by atoms with Gasteiger partial charge in [-0.05, 0) is 24.1 Å². The molecule has 0 radical (unpaired) electrons. The van der Waals surface area contributed by atoms with Gasteiger partial charge in [0.15, 0.2) is 0 Å². The van der Waals surface area contributed by atoms with Crippen LogP contribution < -0.4 is 0 Å². The average molecular weight is 305 g/mol. The van der Waals surface area contributed by atoms with Crippen LogP contribution in [0.1, 0.15) is 49.6 Å². The van der Waals surface area contributed by atoms with Crippen LogP contribution in [0.5, 0.6) is 0 Å². The van der Waals surface area contributed by atoms with Gasteiger partial charge in [0.1, 0.15) is 5.76 Å². The predicted octanol–water partition coefficient (Wildman–Crippen LogP) is 5.84.